The van der Waals surface area contributed by atoms with Crippen molar-refractivity contribution in [1.82, 2.24) is 4.90 Å². The molecule has 33 heavy (non-hydrogen) atoms. The smallest absolute Gasteiger partial charge is 0.338 e. The fourth-order valence-electron chi connectivity index (χ4n) is 6.64. The number of aliphatic hydroxyl groups excluding tert-OH is 1. The number of aliphatic hydroxyl groups is 1. The first-order chi connectivity index (χ1) is 16.0. The van der Waals surface area contributed by atoms with Crippen molar-refractivity contribution in [2.24, 2.45) is 5.92 Å². The predicted molar refractivity (Wildman–Crippen MR) is 131 cm³/mol. The van der Waals surface area contributed by atoms with Gasteiger partial charge in [-0.3, -0.25) is 0 Å². The fraction of sp³-hybridized carbons (Fsp3) is 0.483. The largest absolute Gasteiger partial charge is 0.462 e. The van der Waals surface area contributed by atoms with E-state index in [0.717, 1.165) is 44.3 Å². The molecule has 0 radical (unpaired) electrons. The molecule has 2 aliphatic carbocycles. The average Bonchev–Trinajstić information content (AvgIpc) is 3.45. The molecule has 4 atom stereocenters. The molecule has 1 N–H and O–H groups in total. The number of piperidine rings is 1. The second-order valence-electron chi connectivity index (χ2n) is 10.2. The van der Waals surface area contributed by atoms with E-state index >= 15 is 0 Å². The molecule has 3 unspecified atom stereocenters. The Bertz CT molecular complexity index is 1050. The van der Waals surface area contributed by atoms with Crippen LogP contribution < -0.4 is 0 Å². The Hall–Kier alpha value is -2.43. The molecule has 4 nitrogen and oxygen atoms in total. The summed E-state index contributed by atoms with van der Waals surface area (Å²) in [5.74, 6) is 0.268. The van der Waals surface area contributed by atoms with Gasteiger partial charge < -0.3 is 14.7 Å². The Labute approximate surface area is 197 Å². The third-order valence-electron chi connectivity index (χ3n) is 8.63. The SMILES string of the molecule is CCOC(=O)c1ccc(C2(CO)CCC(N3CCC4(C=Cc5ccccc54)[C@@H](C)C3)C2)cc1. The van der Waals surface area contributed by atoms with Crippen LogP contribution in [0, 0.1) is 5.92 Å². The first kappa shape index (κ1) is 22.4. The third-order valence-corrected chi connectivity index (χ3v) is 8.63. The number of rotatable bonds is 5. The van der Waals surface area contributed by atoms with Gasteiger partial charge in [0.1, 0.15) is 0 Å². The zero-order valence-corrected chi connectivity index (χ0v) is 19.8. The lowest BCUT2D eigenvalue weighted by Crippen LogP contribution is -2.50. The number of hydrogen-bond acceptors (Lipinski definition) is 4. The second-order valence-corrected chi connectivity index (χ2v) is 10.2. The molecule has 0 aromatic heterocycles. The molecule has 1 heterocycles. The van der Waals surface area contributed by atoms with Gasteiger partial charge in [0.05, 0.1) is 18.8 Å². The van der Waals surface area contributed by atoms with Gasteiger partial charge in [-0.2, -0.15) is 0 Å². The van der Waals surface area contributed by atoms with Crippen LogP contribution in [0.1, 0.15) is 66.6 Å². The van der Waals surface area contributed by atoms with E-state index in [4.69, 9.17) is 4.74 Å². The van der Waals surface area contributed by atoms with Gasteiger partial charge in [0.25, 0.3) is 0 Å². The Morgan fingerprint density at radius 1 is 1.15 bits per heavy atom. The first-order valence-electron chi connectivity index (χ1n) is 12.4. The summed E-state index contributed by atoms with van der Waals surface area (Å²) in [4.78, 5) is 14.7. The van der Waals surface area contributed by atoms with Crippen molar-refractivity contribution in [2.75, 3.05) is 26.3 Å². The lowest BCUT2D eigenvalue weighted by atomic mass is 9.67. The van der Waals surface area contributed by atoms with Crippen molar-refractivity contribution < 1.29 is 14.6 Å². The first-order valence-corrected chi connectivity index (χ1v) is 12.4. The van der Waals surface area contributed by atoms with Crippen LogP contribution in [0.25, 0.3) is 6.08 Å². The fourth-order valence-corrected chi connectivity index (χ4v) is 6.64. The van der Waals surface area contributed by atoms with Crippen LogP contribution in [0.5, 0.6) is 0 Å². The average molecular weight is 446 g/mol. The number of ether oxygens (including phenoxy) is 1. The molecule has 2 fully saturated rings. The van der Waals surface area contributed by atoms with Gasteiger partial charge in [-0.05, 0) is 73.9 Å². The van der Waals surface area contributed by atoms with Crippen LogP contribution in [0.2, 0.25) is 0 Å². The van der Waals surface area contributed by atoms with Gasteiger partial charge >= 0.3 is 5.97 Å². The number of carbonyl (C=O) groups is 1. The van der Waals surface area contributed by atoms with Crippen LogP contribution >= 0.6 is 0 Å². The van der Waals surface area contributed by atoms with Crippen LogP contribution in [-0.4, -0.2) is 48.3 Å². The lowest BCUT2D eigenvalue weighted by molar-refractivity contribution is 0.0526. The maximum Gasteiger partial charge on any atom is 0.338 e. The van der Waals surface area contributed by atoms with Gasteiger partial charge in [0.2, 0.25) is 0 Å². The summed E-state index contributed by atoms with van der Waals surface area (Å²) in [5.41, 5.74) is 4.52. The van der Waals surface area contributed by atoms with Gasteiger partial charge in [-0.1, -0.05) is 55.5 Å². The van der Waals surface area contributed by atoms with Gasteiger partial charge in [0.15, 0.2) is 0 Å². The molecule has 0 bridgehead atoms. The van der Waals surface area contributed by atoms with Gasteiger partial charge in [-0.15, -0.1) is 0 Å². The summed E-state index contributed by atoms with van der Waals surface area (Å²) in [5, 5.41) is 10.5. The Morgan fingerprint density at radius 3 is 2.67 bits per heavy atom. The minimum atomic E-state index is -0.287. The molecule has 1 aliphatic heterocycles. The predicted octanol–water partition coefficient (Wildman–Crippen LogP) is 4.95. The number of hydrogen-bond donors (Lipinski definition) is 1. The summed E-state index contributed by atoms with van der Waals surface area (Å²) < 4.78 is 5.11. The quantitative estimate of drug-likeness (QED) is 0.662. The van der Waals surface area contributed by atoms with Crippen LogP contribution in [0.4, 0.5) is 0 Å². The minimum absolute atomic E-state index is 0.145. The maximum atomic E-state index is 12.0. The number of allylic oxidation sites excluding steroid dienone is 1. The summed E-state index contributed by atoms with van der Waals surface area (Å²) >= 11 is 0. The molecule has 1 saturated heterocycles. The minimum Gasteiger partial charge on any atom is -0.462 e. The van der Waals surface area contributed by atoms with Gasteiger partial charge in [0, 0.05) is 23.4 Å². The van der Waals surface area contributed by atoms with Crippen molar-refractivity contribution >= 4 is 12.0 Å². The van der Waals surface area contributed by atoms with Crippen LogP contribution in [0.15, 0.2) is 54.6 Å². The van der Waals surface area contributed by atoms with Crippen molar-refractivity contribution in [1.29, 1.82) is 0 Å². The van der Waals surface area contributed by atoms with E-state index in [2.05, 4.69) is 48.2 Å². The molecule has 0 amide bonds. The van der Waals surface area contributed by atoms with E-state index in [1.165, 1.54) is 11.1 Å². The normalized spacial score (nSPS) is 31.1. The van der Waals surface area contributed by atoms with E-state index in [0.29, 0.717) is 24.1 Å². The molecule has 2 aromatic rings. The third kappa shape index (κ3) is 3.74. The summed E-state index contributed by atoms with van der Waals surface area (Å²) in [6, 6.07) is 17.1. The van der Waals surface area contributed by atoms with E-state index in [1.807, 2.05) is 31.2 Å². The van der Waals surface area contributed by atoms with Crippen molar-refractivity contribution in [3.63, 3.8) is 0 Å². The van der Waals surface area contributed by atoms with Crippen LogP contribution in [-0.2, 0) is 15.6 Å². The topological polar surface area (TPSA) is 49.8 Å². The molecule has 2 aromatic carbocycles. The summed E-state index contributed by atoms with van der Waals surface area (Å²) in [7, 11) is 0. The van der Waals surface area contributed by atoms with E-state index in [9.17, 15) is 9.90 Å². The van der Waals surface area contributed by atoms with E-state index in [1.54, 1.807) is 0 Å². The van der Waals surface area contributed by atoms with Gasteiger partial charge in [-0.25, -0.2) is 4.79 Å². The highest BCUT2D eigenvalue weighted by Gasteiger charge is 2.47. The maximum absolute atomic E-state index is 12.0. The monoisotopic (exact) mass is 445 g/mol. The van der Waals surface area contributed by atoms with Crippen LogP contribution in [0.3, 0.4) is 0 Å². The van der Waals surface area contributed by atoms with Crippen molar-refractivity contribution in [2.45, 2.75) is 56.4 Å². The summed E-state index contributed by atoms with van der Waals surface area (Å²) in [6.07, 6.45) is 8.97. The number of likely N-dealkylation sites (tertiary alicyclic amines) is 1. The molecule has 1 saturated carbocycles. The van der Waals surface area contributed by atoms with E-state index in [-0.39, 0.29) is 23.4 Å². The Morgan fingerprint density at radius 2 is 1.94 bits per heavy atom. The standard InChI is InChI=1S/C29H35NO3/c1-3-33-27(32)23-8-10-24(11-9-23)28(20-31)14-13-25(18-28)30-17-16-29(21(2)19-30)15-12-22-6-4-5-7-26(22)29/h4-12,15,21,25,31H,3,13-14,16-20H2,1-2H3/t21-,25?,28?,29?/m0/s1. The zero-order valence-electron chi connectivity index (χ0n) is 19.8. The summed E-state index contributed by atoms with van der Waals surface area (Å²) in [6.45, 7) is 6.92. The molecule has 174 valence electrons. The number of nitrogens with zero attached hydrogens (tertiary/aromatic N) is 1. The number of esters is 1. The molecular weight excluding hydrogens is 410 g/mol. The van der Waals surface area contributed by atoms with Crippen molar-refractivity contribution in [3.8, 4) is 0 Å². The van der Waals surface area contributed by atoms with E-state index < -0.39 is 0 Å². The number of benzene rings is 2. The molecular formula is C29H35NO3. The second kappa shape index (κ2) is 8.73. The highest BCUT2D eigenvalue weighted by molar-refractivity contribution is 5.89. The zero-order chi connectivity index (χ0) is 23.1. The highest BCUT2D eigenvalue weighted by Crippen LogP contribution is 2.49. The van der Waals surface area contributed by atoms with Crippen molar-refractivity contribution in [3.05, 3.63) is 76.9 Å². The molecule has 3 aliphatic rings. The molecule has 1 spiro atoms. The Kier molecular flexibility index (Phi) is 5.92. The highest BCUT2D eigenvalue weighted by atomic mass is 16.5. The number of fused-ring (bicyclic) bond motifs is 2. The lowest BCUT2D eigenvalue weighted by Gasteiger charge is -2.46. The molecule has 5 rings (SSSR count). The Balaban J connectivity index is 1.29. The number of carbonyl (C=O) groups excluding carboxylic acids is 1. The molecule has 4 heteroatoms.